The summed E-state index contributed by atoms with van der Waals surface area (Å²) < 4.78 is 7.81. The van der Waals surface area contributed by atoms with Crippen molar-refractivity contribution in [2.24, 2.45) is 0 Å². The Morgan fingerprint density at radius 2 is 2.05 bits per heavy atom. The minimum Gasteiger partial charge on any atom is -0.487 e. The van der Waals surface area contributed by atoms with E-state index in [0.717, 1.165) is 29.8 Å². The molecule has 0 spiro atoms. The Morgan fingerprint density at radius 1 is 1.24 bits per heavy atom. The number of aliphatic hydroxyl groups is 1. The van der Waals surface area contributed by atoms with Gasteiger partial charge in [0.25, 0.3) is 0 Å². The second-order valence-electron chi connectivity index (χ2n) is 5.17. The number of benzene rings is 1. The van der Waals surface area contributed by atoms with E-state index in [1.807, 2.05) is 41.2 Å². The highest BCUT2D eigenvalue weighted by Gasteiger charge is 2.08. The summed E-state index contributed by atoms with van der Waals surface area (Å²) in [5.41, 5.74) is 2.02. The van der Waals surface area contributed by atoms with E-state index < -0.39 is 0 Å². The lowest BCUT2D eigenvalue weighted by Crippen LogP contribution is -2.08. The highest BCUT2D eigenvalue weighted by Crippen LogP contribution is 2.17. The van der Waals surface area contributed by atoms with Gasteiger partial charge in [-0.15, -0.1) is 0 Å². The van der Waals surface area contributed by atoms with E-state index in [4.69, 9.17) is 9.84 Å². The molecule has 4 heteroatoms. The Kier molecular flexibility index (Phi) is 5.81. The molecule has 2 rings (SSSR count). The predicted molar refractivity (Wildman–Crippen MR) is 83.4 cm³/mol. The van der Waals surface area contributed by atoms with Gasteiger partial charge in [-0.05, 0) is 43.0 Å². The van der Waals surface area contributed by atoms with Gasteiger partial charge in [-0.25, -0.2) is 0 Å². The first-order valence-corrected chi connectivity index (χ1v) is 7.63. The first-order valence-electron chi connectivity index (χ1n) is 7.63. The van der Waals surface area contributed by atoms with Gasteiger partial charge >= 0.3 is 0 Å². The van der Waals surface area contributed by atoms with Gasteiger partial charge in [-0.2, -0.15) is 5.10 Å². The predicted octanol–water partition coefficient (Wildman–Crippen LogP) is 3.36. The topological polar surface area (TPSA) is 47.3 Å². The van der Waals surface area contributed by atoms with Crippen molar-refractivity contribution in [1.29, 1.82) is 0 Å². The van der Waals surface area contributed by atoms with Gasteiger partial charge in [0.1, 0.15) is 12.4 Å². The Hall–Kier alpha value is -1.81. The molecule has 0 aliphatic carbocycles. The maximum atomic E-state index is 8.97. The third kappa shape index (κ3) is 4.33. The van der Waals surface area contributed by atoms with Crippen molar-refractivity contribution in [2.45, 2.75) is 45.8 Å². The van der Waals surface area contributed by atoms with Gasteiger partial charge in [0.2, 0.25) is 0 Å². The minimum absolute atomic E-state index is 0.156. The van der Waals surface area contributed by atoms with Crippen molar-refractivity contribution >= 4 is 0 Å². The Morgan fingerprint density at radius 3 is 2.76 bits per heavy atom. The van der Waals surface area contributed by atoms with Crippen LogP contribution in [0.1, 0.15) is 44.0 Å². The highest BCUT2D eigenvalue weighted by molar-refractivity contribution is 5.28. The van der Waals surface area contributed by atoms with Crippen LogP contribution in [0, 0.1) is 0 Å². The molecule has 0 fully saturated rings. The van der Waals surface area contributed by atoms with Gasteiger partial charge in [0.15, 0.2) is 0 Å². The van der Waals surface area contributed by atoms with Gasteiger partial charge in [-0.1, -0.05) is 26.0 Å². The van der Waals surface area contributed by atoms with Crippen molar-refractivity contribution in [1.82, 2.24) is 9.78 Å². The van der Waals surface area contributed by atoms with Crippen LogP contribution in [-0.4, -0.2) is 21.5 Å². The van der Waals surface area contributed by atoms with Gasteiger partial charge in [0.05, 0.1) is 11.7 Å². The van der Waals surface area contributed by atoms with Gasteiger partial charge < -0.3 is 9.84 Å². The van der Waals surface area contributed by atoms with Crippen molar-refractivity contribution in [3.63, 3.8) is 0 Å². The van der Waals surface area contributed by atoms with Crippen LogP contribution in [0.4, 0.5) is 0 Å². The normalized spacial score (nSPS) is 11.0. The van der Waals surface area contributed by atoms with E-state index in [-0.39, 0.29) is 6.61 Å². The van der Waals surface area contributed by atoms with Crippen molar-refractivity contribution in [3.05, 3.63) is 47.8 Å². The molecule has 2 aromatic rings. The SMILES string of the molecule is CCC(CC)n1ccc(COc2cccc(CCO)c2)n1. The van der Waals surface area contributed by atoms with E-state index in [1.54, 1.807) is 0 Å². The largest absolute Gasteiger partial charge is 0.487 e. The van der Waals surface area contributed by atoms with Crippen LogP contribution in [0.3, 0.4) is 0 Å². The Balaban J connectivity index is 1.95. The lowest BCUT2D eigenvalue weighted by molar-refractivity contribution is 0.293. The molecule has 0 unspecified atom stereocenters. The fourth-order valence-corrected chi connectivity index (χ4v) is 2.40. The third-order valence-corrected chi connectivity index (χ3v) is 3.67. The van der Waals surface area contributed by atoms with E-state index in [0.29, 0.717) is 19.1 Å². The summed E-state index contributed by atoms with van der Waals surface area (Å²) in [5, 5.41) is 13.5. The molecule has 0 amide bonds. The molecule has 1 aromatic heterocycles. The molecule has 0 atom stereocenters. The average molecular weight is 288 g/mol. The molecule has 0 radical (unpaired) electrons. The number of rotatable bonds is 8. The van der Waals surface area contributed by atoms with Gasteiger partial charge in [-0.3, -0.25) is 4.68 Å². The van der Waals surface area contributed by atoms with Crippen LogP contribution < -0.4 is 4.74 Å². The molecule has 0 saturated carbocycles. The molecular weight excluding hydrogens is 264 g/mol. The smallest absolute Gasteiger partial charge is 0.132 e. The summed E-state index contributed by atoms with van der Waals surface area (Å²) in [5.74, 6) is 0.818. The molecule has 0 aliphatic heterocycles. The second kappa shape index (κ2) is 7.84. The molecule has 0 aliphatic rings. The molecule has 0 saturated heterocycles. The average Bonchev–Trinajstić information content (AvgIpc) is 2.96. The number of nitrogens with zero attached hydrogens (tertiary/aromatic N) is 2. The number of ether oxygens (including phenoxy) is 1. The van der Waals surface area contributed by atoms with Crippen molar-refractivity contribution in [3.8, 4) is 5.75 Å². The fourth-order valence-electron chi connectivity index (χ4n) is 2.40. The number of aromatic nitrogens is 2. The molecule has 21 heavy (non-hydrogen) atoms. The summed E-state index contributed by atoms with van der Waals surface area (Å²) in [7, 11) is 0. The molecule has 1 aromatic carbocycles. The molecule has 1 heterocycles. The van der Waals surface area contributed by atoms with E-state index >= 15 is 0 Å². The number of hydrogen-bond acceptors (Lipinski definition) is 3. The molecule has 114 valence electrons. The molecular formula is C17H24N2O2. The van der Waals surface area contributed by atoms with Crippen LogP contribution >= 0.6 is 0 Å². The summed E-state index contributed by atoms with van der Waals surface area (Å²) in [6.45, 7) is 4.98. The van der Waals surface area contributed by atoms with Crippen molar-refractivity contribution < 1.29 is 9.84 Å². The van der Waals surface area contributed by atoms with E-state index in [9.17, 15) is 0 Å². The molecule has 1 N–H and O–H groups in total. The monoisotopic (exact) mass is 288 g/mol. The van der Waals surface area contributed by atoms with E-state index in [1.165, 1.54) is 0 Å². The summed E-state index contributed by atoms with van der Waals surface area (Å²) in [4.78, 5) is 0. The van der Waals surface area contributed by atoms with Crippen LogP contribution in [0.25, 0.3) is 0 Å². The van der Waals surface area contributed by atoms with Crippen molar-refractivity contribution in [2.75, 3.05) is 6.61 Å². The lowest BCUT2D eigenvalue weighted by Gasteiger charge is -2.12. The molecule has 4 nitrogen and oxygen atoms in total. The van der Waals surface area contributed by atoms with Crippen LogP contribution in [0.5, 0.6) is 5.75 Å². The zero-order valence-electron chi connectivity index (χ0n) is 12.8. The highest BCUT2D eigenvalue weighted by atomic mass is 16.5. The van der Waals surface area contributed by atoms with Crippen LogP contribution in [0.2, 0.25) is 0 Å². The quantitative estimate of drug-likeness (QED) is 0.810. The molecule has 0 bridgehead atoms. The maximum absolute atomic E-state index is 8.97. The number of hydrogen-bond donors (Lipinski definition) is 1. The third-order valence-electron chi connectivity index (χ3n) is 3.67. The summed E-state index contributed by atoms with van der Waals surface area (Å²) >= 11 is 0. The number of aliphatic hydroxyl groups excluding tert-OH is 1. The minimum atomic E-state index is 0.156. The summed E-state index contributed by atoms with van der Waals surface area (Å²) in [6, 6.07) is 10.3. The fraction of sp³-hybridized carbons (Fsp3) is 0.471. The van der Waals surface area contributed by atoms with E-state index in [2.05, 4.69) is 18.9 Å². The zero-order valence-corrected chi connectivity index (χ0v) is 12.8. The van der Waals surface area contributed by atoms with Crippen LogP contribution in [0.15, 0.2) is 36.5 Å². The Labute approximate surface area is 126 Å². The Bertz CT molecular complexity index is 547. The second-order valence-corrected chi connectivity index (χ2v) is 5.17. The first kappa shape index (κ1) is 15.6. The lowest BCUT2D eigenvalue weighted by atomic mass is 10.1. The maximum Gasteiger partial charge on any atom is 0.132 e. The zero-order chi connectivity index (χ0) is 15.1. The standard InChI is InChI=1S/C17H24N2O2/c1-3-16(4-2)19-10-8-15(18-19)13-21-17-7-5-6-14(12-17)9-11-20/h5-8,10,12,16,20H,3-4,9,11,13H2,1-2H3. The first-order chi connectivity index (χ1) is 10.3. The van der Waals surface area contributed by atoms with Gasteiger partial charge in [0, 0.05) is 12.8 Å². The summed E-state index contributed by atoms with van der Waals surface area (Å²) in [6.07, 6.45) is 4.85. The van der Waals surface area contributed by atoms with Crippen LogP contribution in [-0.2, 0) is 13.0 Å².